The van der Waals surface area contributed by atoms with E-state index < -0.39 is 6.04 Å². The van der Waals surface area contributed by atoms with Gasteiger partial charge in [-0.25, -0.2) is 0 Å². The van der Waals surface area contributed by atoms with Crippen molar-refractivity contribution >= 4 is 5.91 Å². The van der Waals surface area contributed by atoms with Crippen molar-refractivity contribution in [3.05, 3.63) is 41.7 Å². The summed E-state index contributed by atoms with van der Waals surface area (Å²) in [5, 5.41) is 27.7. The highest BCUT2D eigenvalue weighted by Crippen LogP contribution is 2.25. The lowest BCUT2D eigenvalue weighted by atomic mass is 10.1. The van der Waals surface area contributed by atoms with E-state index in [1.165, 1.54) is 12.1 Å². The molecule has 0 aliphatic carbocycles. The molecule has 1 aromatic carbocycles. The molecule has 0 bridgehead atoms. The fourth-order valence-electron chi connectivity index (χ4n) is 1.74. The molecule has 2 aromatic rings. The van der Waals surface area contributed by atoms with Gasteiger partial charge in [-0.2, -0.15) is 5.10 Å². The summed E-state index contributed by atoms with van der Waals surface area (Å²) in [6.45, 7) is 0.351. The van der Waals surface area contributed by atoms with Crippen molar-refractivity contribution in [1.29, 1.82) is 0 Å². The lowest BCUT2D eigenvalue weighted by Gasteiger charge is -2.12. The molecule has 0 saturated carbocycles. The van der Waals surface area contributed by atoms with Gasteiger partial charge in [0.05, 0.1) is 12.2 Å². The summed E-state index contributed by atoms with van der Waals surface area (Å²) < 4.78 is 0. The zero-order valence-electron chi connectivity index (χ0n) is 10.7. The number of H-pyrrole nitrogens is 1. The maximum Gasteiger partial charge on any atom is 0.237 e. The number of phenols is 2. The summed E-state index contributed by atoms with van der Waals surface area (Å²) in [7, 11) is 0. The number of amides is 1. The average Bonchev–Trinajstić information content (AvgIpc) is 2.93. The third-order valence-electron chi connectivity index (χ3n) is 2.85. The van der Waals surface area contributed by atoms with Crippen molar-refractivity contribution in [2.45, 2.75) is 19.0 Å². The quantitative estimate of drug-likeness (QED) is 0.492. The molecule has 1 aromatic heterocycles. The highest BCUT2D eigenvalue weighted by Gasteiger charge is 2.14. The highest BCUT2D eigenvalue weighted by atomic mass is 16.3. The molecule has 1 atom stereocenters. The standard InChI is InChI=1S/C13H16N4O3/c14-10(3-8-1-2-11(18)12(19)4-8)13(20)15-5-9-6-16-17-7-9/h1-2,4,6-7,10,18-19H,3,5,14H2,(H,15,20)(H,16,17)/t10-/m0/s1. The van der Waals surface area contributed by atoms with Gasteiger partial charge in [0.2, 0.25) is 5.91 Å². The first-order valence-electron chi connectivity index (χ1n) is 6.08. The van der Waals surface area contributed by atoms with E-state index in [-0.39, 0.29) is 23.8 Å². The molecular weight excluding hydrogens is 260 g/mol. The van der Waals surface area contributed by atoms with Gasteiger partial charge in [-0.05, 0) is 24.1 Å². The Morgan fingerprint density at radius 1 is 1.35 bits per heavy atom. The minimum atomic E-state index is -0.731. The number of carbonyl (C=O) groups is 1. The van der Waals surface area contributed by atoms with E-state index in [4.69, 9.17) is 5.73 Å². The van der Waals surface area contributed by atoms with Crippen LogP contribution >= 0.6 is 0 Å². The lowest BCUT2D eigenvalue weighted by Crippen LogP contribution is -2.41. The first-order chi connectivity index (χ1) is 9.56. The van der Waals surface area contributed by atoms with E-state index in [1.54, 1.807) is 18.5 Å². The van der Waals surface area contributed by atoms with Gasteiger partial charge < -0.3 is 21.3 Å². The molecule has 1 amide bonds. The predicted octanol–water partition coefficient (Wildman–Crippen LogP) is 0.00710. The summed E-state index contributed by atoms with van der Waals surface area (Å²) in [6.07, 6.45) is 3.57. The summed E-state index contributed by atoms with van der Waals surface area (Å²) in [5.74, 6) is -0.723. The van der Waals surface area contributed by atoms with Crippen LogP contribution in [0.2, 0.25) is 0 Å². The Hall–Kier alpha value is -2.54. The number of nitrogens with one attached hydrogen (secondary N) is 2. The number of phenolic OH excluding ortho intramolecular Hbond substituents is 2. The number of nitrogens with two attached hydrogens (primary N) is 1. The molecule has 0 spiro atoms. The average molecular weight is 276 g/mol. The lowest BCUT2D eigenvalue weighted by molar-refractivity contribution is -0.122. The number of hydrogen-bond donors (Lipinski definition) is 5. The van der Waals surface area contributed by atoms with Crippen LogP contribution in [0.3, 0.4) is 0 Å². The molecule has 6 N–H and O–H groups in total. The number of benzene rings is 1. The second kappa shape index (κ2) is 6.07. The van der Waals surface area contributed by atoms with Gasteiger partial charge in [0.15, 0.2) is 11.5 Å². The van der Waals surface area contributed by atoms with Crippen LogP contribution in [0.4, 0.5) is 0 Å². The van der Waals surface area contributed by atoms with E-state index in [0.29, 0.717) is 12.1 Å². The van der Waals surface area contributed by atoms with Gasteiger partial charge in [-0.3, -0.25) is 9.89 Å². The Morgan fingerprint density at radius 3 is 2.80 bits per heavy atom. The fraction of sp³-hybridized carbons (Fsp3) is 0.231. The Bertz CT molecular complexity index is 583. The van der Waals surface area contributed by atoms with E-state index >= 15 is 0 Å². The summed E-state index contributed by atoms with van der Waals surface area (Å²) in [6, 6.07) is 3.63. The first-order valence-corrected chi connectivity index (χ1v) is 6.08. The molecule has 0 radical (unpaired) electrons. The number of aromatic hydroxyl groups is 2. The van der Waals surface area contributed by atoms with Crippen LogP contribution in [-0.2, 0) is 17.8 Å². The topological polar surface area (TPSA) is 124 Å². The van der Waals surface area contributed by atoms with Crippen molar-refractivity contribution in [2.75, 3.05) is 0 Å². The molecule has 7 heteroatoms. The molecule has 0 aliphatic rings. The van der Waals surface area contributed by atoms with Gasteiger partial charge >= 0.3 is 0 Å². The highest BCUT2D eigenvalue weighted by molar-refractivity contribution is 5.81. The van der Waals surface area contributed by atoms with Crippen LogP contribution in [0.1, 0.15) is 11.1 Å². The normalized spacial score (nSPS) is 12.1. The van der Waals surface area contributed by atoms with Gasteiger partial charge in [-0.1, -0.05) is 6.07 Å². The van der Waals surface area contributed by atoms with E-state index in [0.717, 1.165) is 5.56 Å². The third kappa shape index (κ3) is 3.48. The molecule has 0 unspecified atom stereocenters. The second-order valence-electron chi connectivity index (χ2n) is 4.46. The molecule has 0 fully saturated rings. The summed E-state index contributed by atoms with van der Waals surface area (Å²) in [5.41, 5.74) is 7.32. The molecule has 106 valence electrons. The maximum atomic E-state index is 11.8. The molecule has 20 heavy (non-hydrogen) atoms. The summed E-state index contributed by atoms with van der Waals surface area (Å²) in [4.78, 5) is 11.8. The minimum absolute atomic E-state index is 0.202. The monoisotopic (exact) mass is 276 g/mol. The fourth-order valence-corrected chi connectivity index (χ4v) is 1.74. The van der Waals surface area contributed by atoms with Crippen LogP contribution < -0.4 is 11.1 Å². The molecular formula is C13H16N4O3. The molecule has 7 nitrogen and oxygen atoms in total. The van der Waals surface area contributed by atoms with Crippen LogP contribution in [0.5, 0.6) is 11.5 Å². The molecule has 0 saturated heterocycles. The number of rotatable bonds is 5. The van der Waals surface area contributed by atoms with Crippen molar-refractivity contribution in [3.8, 4) is 11.5 Å². The van der Waals surface area contributed by atoms with E-state index in [9.17, 15) is 15.0 Å². The van der Waals surface area contributed by atoms with Gasteiger partial charge in [0.1, 0.15) is 0 Å². The third-order valence-corrected chi connectivity index (χ3v) is 2.85. The first kappa shape index (κ1) is 13.9. The number of nitrogens with zero attached hydrogens (tertiary/aromatic N) is 1. The Morgan fingerprint density at radius 2 is 2.15 bits per heavy atom. The van der Waals surface area contributed by atoms with Crippen molar-refractivity contribution in [1.82, 2.24) is 15.5 Å². The zero-order valence-corrected chi connectivity index (χ0v) is 10.7. The van der Waals surface area contributed by atoms with Crippen LogP contribution in [0.25, 0.3) is 0 Å². The van der Waals surface area contributed by atoms with Crippen molar-refractivity contribution in [3.63, 3.8) is 0 Å². The van der Waals surface area contributed by atoms with Crippen molar-refractivity contribution in [2.24, 2.45) is 5.73 Å². The predicted molar refractivity (Wildman–Crippen MR) is 71.9 cm³/mol. The second-order valence-corrected chi connectivity index (χ2v) is 4.46. The zero-order chi connectivity index (χ0) is 14.5. The Balaban J connectivity index is 1.88. The van der Waals surface area contributed by atoms with Crippen LogP contribution in [-0.4, -0.2) is 32.4 Å². The number of carbonyl (C=O) groups excluding carboxylic acids is 1. The van der Waals surface area contributed by atoms with E-state index in [2.05, 4.69) is 15.5 Å². The smallest absolute Gasteiger partial charge is 0.237 e. The minimum Gasteiger partial charge on any atom is -0.504 e. The van der Waals surface area contributed by atoms with Crippen molar-refractivity contribution < 1.29 is 15.0 Å². The van der Waals surface area contributed by atoms with E-state index in [1.807, 2.05) is 0 Å². The van der Waals surface area contributed by atoms with Gasteiger partial charge in [-0.15, -0.1) is 0 Å². The molecule has 1 heterocycles. The number of hydrogen-bond acceptors (Lipinski definition) is 5. The largest absolute Gasteiger partial charge is 0.504 e. The van der Waals surface area contributed by atoms with Gasteiger partial charge in [0, 0.05) is 18.3 Å². The maximum absolute atomic E-state index is 11.8. The Kier molecular flexibility index (Phi) is 4.21. The molecule has 2 rings (SSSR count). The van der Waals surface area contributed by atoms with Crippen LogP contribution in [0, 0.1) is 0 Å². The van der Waals surface area contributed by atoms with Gasteiger partial charge in [0.25, 0.3) is 0 Å². The Labute approximate surface area is 115 Å². The number of aromatic amines is 1. The van der Waals surface area contributed by atoms with Crippen LogP contribution in [0.15, 0.2) is 30.6 Å². The molecule has 0 aliphatic heterocycles. The SMILES string of the molecule is N[C@@H](Cc1ccc(O)c(O)c1)C(=O)NCc1cn[nH]c1. The number of aromatic nitrogens is 2. The summed E-state index contributed by atoms with van der Waals surface area (Å²) >= 11 is 0.